The first-order valence-corrected chi connectivity index (χ1v) is 7.74. The van der Waals surface area contributed by atoms with Crippen molar-refractivity contribution in [2.45, 2.75) is 51.4 Å². The molecule has 3 atom stereocenters. The van der Waals surface area contributed by atoms with Gasteiger partial charge in [-0.2, -0.15) is 0 Å². The molecule has 0 aliphatic heterocycles. The molecule has 20 heavy (non-hydrogen) atoms. The van der Waals surface area contributed by atoms with Crippen LogP contribution in [0.1, 0.15) is 43.9 Å². The van der Waals surface area contributed by atoms with Gasteiger partial charge < -0.3 is 14.8 Å². The Labute approximate surface area is 122 Å². The molecule has 1 aliphatic rings. The van der Waals surface area contributed by atoms with E-state index in [1.165, 1.54) is 17.5 Å². The lowest BCUT2D eigenvalue weighted by Crippen LogP contribution is -2.35. The lowest BCUT2D eigenvalue weighted by molar-refractivity contribution is -0.0620. The van der Waals surface area contributed by atoms with Crippen LogP contribution in [0.5, 0.6) is 0 Å². The molecule has 0 bridgehead atoms. The molecule has 0 fully saturated rings. The monoisotopic (exact) mass is 277 g/mol. The van der Waals surface area contributed by atoms with E-state index in [0.29, 0.717) is 6.61 Å². The maximum atomic E-state index is 6.25. The maximum absolute atomic E-state index is 6.25. The van der Waals surface area contributed by atoms with Gasteiger partial charge in [-0.15, -0.1) is 0 Å². The average molecular weight is 277 g/mol. The van der Waals surface area contributed by atoms with Crippen LogP contribution in [-0.4, -0.2) is 32.5 Å². The average Bonchev–Trinajstić information content (AvgIpc) is 2.63. The Hall–Kier alpha value is -0.900. The van der Waals surface area contributed by atoms with Gasteiger partial charge in [0.2, 0.25) is 0 Å². The third kappa shape index (κ3) is 3.81. The van der Waals surface area contributed by atoms with Gasteiger partial charge in [0.1, 0.15) is 0 Å². The Kier molecular flexibility index (Phi) is 6.02. The second kappa shape index (κ2) is 7.77. The van der Waals surface area contributed by atoms with Gasteiger partial charge in [-0.3, -0.25) is 0 Å². The van der Waals surface area contributed by atoms with Crippen LogP contribution >= 0.6 is 0 Å². The lowest BCUT2D eigenvalue weighted by atomic mass is 9.97. The zero-order chi connectivity index (χ0) is 14.4. The summed E-state index contributed by atoms with van der Waals surface area (Å²) in [5, 5.41) is 3.45. The molecule has 0 saturated heterocycles. The molecule has 0 heterocycles. The largest absolute Gasteiger partial charge is 0.379 e. The highest BCUT2D eigenvalue weighted by molar-refractivity contribution is 5.32. The van der Waals surface area contributed by atoms with Crippen LogP contribution in [-0.2, 0) is 15.9 Å². The van der Waals surface area contributed by atoms with E-state index in [1.807, 2.05) is 14.0 Å². The summed E-state index contributed by atoms with van der Waals surface area (Å²) in [6.45, 7) is 5.53. The fraction of sp³-hybridized carbons (Fsp3) is 0.647. The fourth-order valence-corrected chi connectivity index (χ4v) is 3.04. The Morgan fingerprint density at radius 2 is 2.15 bits per heavy atom. The van der Waals surface area contributed by atoms with Gasteiger partial charge in [-0.1, -0.05) is 24.3 Å². The molecule has 1 aromatic carbocycles. The van der Waals surface area contributed by atoms with E-state index in [9.17, 15) is 0 Å². The van der Waals surface area contributed by atoms with Crippen molar-refractivity contribution in [1.29, 1.82) is 0 Å². The summed E-state index contributed by atoms with van der Waals surface area (Å²) in [7, 11) is 2.02. The van der Waals surface area contributed by atoms with Crippen LogP contribution < -0.4 is 5.32 Å². The molecular weight excluding hydrogens is 250 g/mol. The molecule has 0 saturated carbocycles. The Morgan fingerprint density at radius 3 is 2.90 bits per heavy atom. The van der Waals surface area contributed by atoms with Crippen molar-refractivity contribution in [3.8, 4) is 0 Å². The molecule has 3 heteroatoms. The van der Waals surface area contributed by atoms with Crippen molar-refractivity contribution in [1.82, 2.24) is 5.32 Å². The van der Waals surface area contributed by atoms with E-state index >= 15 is 0 Å². The molecule has 2 rings (SSSR count). The summed E-state index contributed by atoms with van der Waals surface area (Å²) in [6, 6.07) is 8.99. The molecule has 1 aliphatic carbocycles. The van der Waals surface area contributed by atoms with E-state index < -0.39 is 0 Å². The number of hydrogen-bond acceptors (Lipinski definition) is 3. The van der Waals surface area contributed by atoms with Crippen molar-refractivity contribution >= 4 is 0 Å². The van der Waals surface area contributed by atoms with Crippen molar-refractivity contribution < 1.29 is 9.47 Å². The van der Waals surface area contributed by atoms with E-state index in [-0.39, 0.29) is 18.2 Å². The van der Waals surface area contributed by atoms with Gasteiger partial charge in [-0.05, 0) is 51.3 Å². The standard InChI is InChI=1S/C17H27NO2/c1-4-19-12-13(2)20-16-11-7-9-14-8-5-6-10-15(14)17(16)18-3/h5-6,8,10,13,16-18H,4,7,9,11-12H2,1-3H3. The fourth-order valence-electron chi connectivity index (χ4n) is 3.04. The second-order valence-corrected chi connectivity index (χ2v) is 5.50. The molecular formula is C17H27NO2. The number of hydrogen-bond donors (Lipinski definition) is 1. The predicted molar refractivity (Wildman–Crippen MR) is 82.0 cm³/mol. The molecule has 1 N–H and O–H groups in total. The maximum Gasteiger partial charge on any atom is 0.0785 e. The van der Waals surface area contributed by atoms with Gasteiger partial charge in [-0.25, -0.2) is 0 Å². The number of fused-ring (bicyclic) bond motifs is 1. The zero-order valence-corrected chi connectivity index (χ0v) is 12.9. The number of likely N-dealkylation sites (N-methyl/N-ethyl adjacent to an activating group) is 1. The summed E-state index contributed by atoms with van der Waals surface area (Å²) in [6.07, 6.45) is 3.78. The van der Waals surface area contributed by atoms with Crippen molar-refractivity contribution in [3.05, 3.63) is 35.4 Å². The normalized spacial score (nSPS) is 23.9. The van der Waals surface area contributed by atoms with Crippen LogP contribution in [0.25, 0.3) is 0 Å². The van der Waals surface area contributed by atoms with Gasteiger partial charge in [0.25, 0.3) is 0 Å². The Bertz CT molecular complexity index is 408. The van der Waals surface area contributed by atoms with E-state index in [2.05, 4.69) is 36.5 Å². The first kappa shape index (κ1) is 15.5. The SMILES string of the molecule is CCOCC(C)OC1CCCc2ccccc2C1NC. The van der Waals surface area contributed by atoms with Crippen LogP contribution in [0.2, 0.25) is 0 Å². The summed E-state index contributed by atoms with van der Waals surface area (Å²) in [5.74, 6) is 0. The van der Waals surface area contributed by atoms with Gasteiger partial charge >= 0.3 is 0 Å². The first-order valence-electron chi connectivity index (χ1n) is 7.74. The Morgan fingerprint density at radius 1 is 1.35 bits per heavy atom. The van der Waals surface area contributed by atoms with Crippen molar-refractivity contribution in [2.75, 3.05) is 20.3 Å². The summed E-state index contributed by atoms with van der Waals surface area (Å²) in [4.78, 5) is 0. The Balaban J connectivity index is 2.09. The minimum atomic E-state index is 0.140. The number of nitrogens with one attached hydrogen (secondary N) is 1. The third-order valence-electron chi connectivity index (χ3n) is 3.97. The van der Waals surface area contributed by atoms with E-state index in [4.69, 9.17) is 9.47 Å². The quantitative estimate of drug-likeness (QED) is 0.811. The topological polar surface area (TPSA) is 30.5 Å². The second-order valence-electron chi connectivity index (χ2n) is 5.50. The summed E-state index contributed by atoms with van der Waals surface area (Å²) in [5.41, 5.74) is 2.84. The van der Waals surface area contributed by atoms with Gasteiger partial charge in [0.15, 0.2) is 0 Å². The van der Waals surface area contributed by atoms with Crippen molar-refractivity contribution in [2.24, 2.45) is 0 Å². The smallest absolute Gasteiger partial charge is 0.0785 e. The summed E-state index contributed by atoms with van der Waals surface area (Å²) < 4.78 is 11.7. The number of benzene rings is 1. The number of ether oxygens (including phenoxy) is 2. The summed E-state index contributed by atoms with van der Waals surface area (Å²) >= 11 is 0. The molecule has 1 aromatic rings. The van der Waals surface area contributed by atoms with Crippen LogP contribution in [0, 0.1) is 0 Å². The minimum absolute atomic E-state index is 0.140. The highest BCUT2D eigenvalue weighted by atomic mass is 16.5. The molecule has 3 nitrogen and oxygen atoms in total. The van der Waals surface area contributed by atoms with Crippen LogP contribution in [0.4, 0.5) is 0 Å². The molecule has 0 radical (unpaired) electrons. The number of rotatable bonds is 6. The van der Waals surface area contributed by atoms with Crippen LogP contribution in [0.15, 0.2) is 24.3 Å². The zero-order valence-electron chi connectivity index (χ0n) is 12.9. The molecule has 0 amide bonds. The predicted octanol–water partition coefficient (Wildman–Crippen LogP) is 3.09. The third-order valence-corrected chi connectivity index (χ3v) is 3.97. The lowest BCUT2D eigenvalue weighted by Gasteiger charge is -2.29. The van der Waals surface area contributed by atoms with E-state index in [1.54, 1.807) is 0 Å². The first-order chi connectivity index (χ1) is 9.76. The number of aryl methyl sites for hydroxylation is 1. The van der Waals surface area contributed by atoms with Crippen molar-refractivity contribution in [3.63, 3.8) is 0 Å². The van der Waals surface area contributed by atoms with Gasteiger partial charge in [0, 0.05) is 6.61 Å². The molecule has 0 aromatic heterocycles. The molecule has 112 valence electrons. The molecule has 3 unspecified atom stereocenters. The highest BCUT2D eigenvalue weighted by Gasteiger charge is 2.28. The van der Waals surface area contributed by atoms with Crippen LogP contribution in [0.3, 0.4) is 0 Å². The minimum Gasteiger partial charge on any atom is -0.379 e. The highest BCUT2D eigenvalue weighted by Crippen LogP contribution is 2.31. The van der Waals surface area contributed by atoms with E-state index in [0.717, 1.165) is 19.4 Å². The molecule has 0 spiro atoms. The van der Waals surface area contributed by atoms with Gasteiger partial charge in [0.05, 0.1) is 24.9 Å².